The number of hydrogen-bond donors (Lipinski definition) is 0. The number of rotatable bonds is 8. The van der Waals surface area contributed by atoms with Crippen LogP contribution in [0.5, 0.6) is 0 Å². The van der Waals surface area contributed by atoms with E-state index in [9.17, 15) is 13.2 Å². The smallest absolute Gasteiger partial charge is 0.243 e. The Labute approximate surface area is 173 Å². The van der Waals surface area contributed by atoms with E-state index in [4.69, 9.17) is 0 Å². The second-order valence-electron chi connectivity index (χ2n) is 7.50. The largest absolute Gasteiger partial charge is 0.345 e. The van der Waals surface area contributed by atoms with E-state index >= 15 is 0 Å². The van der Waals surface area contributed by atoms with Crippen molar-refractivity contribution in [2.75, 3.05) is 26.7 Å². The van der Waals surface area contributed by atoms with E-state index in [1.165, 1.54) is 0 Å². The van der Waals surface area contributed by atoms with Crippen LogP contribution in [0.2, 0.25) is 0 Å². The van der Waals surface area contributed by atoms with Gasteiger partial charge in [0.1, 0.15) is 0 Å². The highest BCUT2D eigenvalue weighted by molar-refractivity contribution is 7.89. The molecule has 0 radical (unpaired) electrons. The molecule has 156 valence electrons. The molecule has 1 aromatic carbocycles. The first-order valence-electron chi connectivity index (χ1n) is 10.2. The van der Waals surface area contributed by atoms with E-state index in [1.54, 1.807) is 34.6 Å². The van der Waals surface area contributed by atoms with Crippen molar-refractivity contribution >= 4 is 15.9 Å². The van der Waals surface area contributed by atoms with Crippen molar-refractivity contribution < 1.29 is 13.2 Å². The standard InChI is InChI=1S/C22H29N3O3S/c1-24(18-14-20-7-3-4-15-23-20)22(26)13-10-19-8-11-21(12-9-19)29(27,28)25-16-5-2-6-17-25/h3-4,7-9,11-12,15H,2,5-6,10,13-14,16-18H2,1H3. The van der Waals surface area contributed by atoms with Crippen LogP contribution in [-0.2, 0) is 27.7 Å². The van der Waals surface area contributed by atoms with Crippen LogP contribution in [0, 0.1) is 0 Å². The number of hydrogen-bond acceptors (Lipinski definition) is 4. The first-order valence-corrected chi connectivity index (χ1v) is 11.6. The van der Waals surface area contributed by atoms with Crippen molar-refractivity contribution in [3.63, 3.8) is 0 Å². The van der Waals surface area contributed by atoms with E-state index < -0.39 is 10.0 Å². The Morgan fingerprint density at radius 1 is 1.03 bits per heavy atom. The van der Waals surface area contributed by atoms with Gasteiger partial charge in [0.2, 0.25) is 15.9 Å². The fourth-order valence-electron chi connectivity index (χ4n) is 3.48. The van der Waals surface area contributed by atoms with E-state index in [2.05, 4.69) is 4.98 Å². The van der Waals surface area contributed by atoms with Crippen molar-refractivity contribution in [3.8, 4) is 0 Å². The molecule has 2 aromatic rings. The fraction of sp³-hybridized carbons (Fsp3) is 0.455. The van der Waals surface area contributed by atoms with Crippen LogP contribution in [0.3, 0.4) is 0 Å². The maximum Gasteiger partial charge on any atom is 0.243 e. The molecule has 0 aliphatic carbocycles. The average Bonchev–Trinajstić information content (AvgIpc) is 2.77. The summed E-state index contributed by atoms with van der Waals surface area (Å²) in [5.74, 6) is 0.0749. The minimum absolute atomic E-state index is 0.0749. The first kappa shape index (κ1) is 21.5. The zero-order valence-electron chi connectivity index (χ0n) is 17.0. The van der Waals surface area contributed by atoms with Crippen molar-refractivity contribution in [1.82, 2.24) is 14.2 Å². The summed E-state index contributed by atoms with van der Waals surface area (Å²) in [6.45, 7) is 1.83. The van der Waals surface area contributed by atoms with E-state index in [0.717, 1.165) is 36.9 Å². The normalized spacial score (nSPS) is 15.2. The van der Waals surface area contributed by atoms with Gasteiger partial charge in [-0.15, -0.1) is 0 Å². The number of benzene rings is 1. The lowest BCUT2D eigenvalue weighted by molar-refractivity contribution is -0.129. The number of sulfonamides is 1. The zero-order chi connectivity index (χ0) is 20.7. The Bertz CT molecular complexity index is 893. The summed E-state index contributed by atoms with van der Waals surface area (Å²) in [5.41, 5.74) is 1.94. The zero-order valence-corrected chi connectivity index (χ0v) is 17.8. The van der Waals surface area contributed by atoms with E-state index in [1.807, 2.05) is 30.3 Å². The SMILES string of the molecule is CN(CCc1ccccn1)C(=O)CCc1ccc(S(=O)(=O)N2CCCCC2)cc1. The van der Waals surface area contributed by atoms with Gasteiger partial charge in [0.15, 0.2) is 0 Å². The summed E-state index contributed by atoms with van der Waals surface area (Å²) in [5, 5.41) is 0. The quantitative estimate of drug-likeness (QED) is 0.665. The number of aryl methyl sites for hydroxylation is 1. The molecule has 6 nitrogen and oxygen atoms in total. The van der Waals surface area contributed by atoms with Gasteiger partial charge in [-0.25, -0.2) is 8.42 Å². The number of amides is 1. The van der Waals surface area contributed by atoms with Crippen molar-refractivity contribution in [1.29, 1.82) is 0 Å². The molecule has 1 aliphatic rings. The lowest BCUT2D eigenvalue weighted by Crippen LogP contribution is -2.35. The molecular formula is C22H29N3O3S. The molecule has 0 N–H and O–H groups in total. The van der Waals surface area contributed by atoms with Crippen LogP contribution >= 0.6 is 0 Å². The predicted molar refractivity (Wildman–Crippen MR) is 113 cm³/mol. The molecule has 29 heavy (non-hydrogen) atoms. The summed E-state index contributed by atoms with van der Waals surface area (Å²) in [7, 11) is -1.60. The number of likely N-dealkylation sites (N-methyl/N-ethyl adjacent to an activating group) is 1. The summed E-state index contributed by atoms with van der Waals surface area (Å²) >= 11 is 0. The summed E-state index contributed by atoms with van der Waals surface area (Å²) in [6, 6.07) is 12.7. The van der Waals surface area contributed by atoms with Gasteiger partial charge in [0.25, 0.3) is 0 Å². The molecule has 0 saturated carbocycles. The first-order chi connectivity index (χ1) is 14.0. The molecule has 0 spiro atoms. The maximum atomic E-state index is 12.7. The number of carbonyl (C=O) groups is 1. The van der Waals surface area contributed by atoms with Crippen molar-refractivity contribution in [2.24, 2.45) is 0 Å². The van der Waals surface area contributed by atoms with Crippen molar-refractivity contribution in [3.05, 3.63) is 59.9 Å². The van der Waals surface area contributed by atoms with Gasteiger partial charge in [0.05, 0.1) is 4.90 Å². The Morgan fingerprint density at radius 2 is 1.76 bits per heavy atom. The highest BCUT2D eigenvalue weighted by Gasteiger charge is 2.25. The highest BCUT2D eigenvalue weighted by atomic mass is 32.2. The van der Waals surface area contributed by atoms with Crippen LogP contribution < -0.4 is 0 Å². The van der Waals surface area contributed by atoms with Crippen molar-refractivity contribution in [2.45, 2.75) is 43.4 Å². The molecule has 1 aliphatic heterocycles. The number of carbonyl (C=O) groups excluding carboxylic acids is 1. The Balaban J connectivity index is 1.49. The summed E-state index contributed by atoms with van der Waals surface area (Å²) < 4.78 is 27.0. The number of aromatic nitrogens is 1. The Kier molecular flexibility index (Phi) is 7.39. The predicted octanol–water partition coefficient (Wildman–Crippen LogP) is 2.89. The van der Waals surface area contributed by atoms with Gasteiger partial charge in [-0.3, -0.25) is 9.78 Å². The van der Waals surface area contributed by atoms with Gasteiger partial charge < -0.3 is 4.90 Å². The van der Waals surface area contributed by atoms with Gasteiger partial charge in [-0.1, -0.05) is 24.6 Å². The summed E-state index contributed by atoms with van der Waals surface area (Å²) in [6.07, 6.45) is 6.42. The second-order valence-corrected chi connectivity index (χ2v) is 9.43. The third kappa shape index (κ3) is 5.87. The Hall–Kier alpha value is -2.25. The number of piperidine rings is 1. The lowest BCUT2D eigenvalue weighted by atomic mass is 10.1. The molecular weight excluding hydrogens is 386 g/mol. The molecule has 1 saturated heterocycles. The van der Waals surface area contributed by atoms with E-state index in [-0.39, 0.29) is 5.91 Å². The van der Waals surface area contributed by atoms with Crippen LogP contribution in [0.15, 0.2) is 53.6 Å². The molecule has 3 rings (SSSR count). The molecule has 7 heteroatoms. The minimum Gasteiger partial charge on any atom is -0.345 e. The third-order valence-corrected chi connectivity index (χ3v) is 7.27. The molecule has 0 unspecified atom stereocenters. The second kappa shape index (κ2) is 9.98. The topological polar surface area (TPSA) is 70.6 Å². The maximum absolute atomic E-state index is 12.7. The fourth-order valence-corrected chi connectivity index (χ4v) is 4.99. The van der Waals surface area contributed by atoms with E-state index in [0.29, 0.717) is 37.4 Å². The monoisotopic (exact) mass is 415 g/mol. The summed E-state index contributed by atoms with van der Waals surface area (Å²) in [4.78, 5) is 18.7. The van der Waals surface area contributed by atoms with Crippen LogP contribution in [0.1, 0.15) is 36.9 Å². The molecule has 1 amide bonds. The van der Waals surface area contributed by atoms with Gasteiger partial charge in [-0.05, 0) is 49.1 Å². The van der Waals surface area contributed by atoms with Crippen LogP contribution in [0.25, 0.3) is 0 Å². The van der Waals surface area contributed by atoms with Gasteiger partial charge in [0, 0.05) is 51.4 Å². The molecule has 1 aromatic heterocycles. The molecule has 2 heterocycles. The van der Waals surface area contributed by atoms with Crippen LogP contribution in [-0.4, -0.2) is 55.2 Å². The van der Waals surface area contributed by atoms with Gasteiger partial charge >= 0.3 is 0 Å². The lowest BCUT2D eigenvalue weighted by Gasteiger charge is -2.25. The average molecular weight is 416 g/mol. The third-order valence-electron chi connectivity index (χ3n) is 5.36. The molecule has 0 bridgehead atoms. The highest BCUT2D eigenvalue weighted by Crippen LogP contribution is 2.21. The van der Waals surface area contributed by atoms with Gasteiger partial charge in [-0.2, -0.15) is 4.31 Å². The molecule has 1 fully saturated rings. The van der Waals surface area contributed by atoms with Crippen LogP contribution in [0.4, 0.5) is 0 Å². The minimum atomic E-state index is -3.40. The molecule has 0 atom stereocenters. The Morgan fingerprint density at radius 3 is 2.41 bits per heavy atom. The number of pyridine rings is 1. The number of nitrogens with zero attached hydrogens (tertiary/aromatic N) is 3.